The fourth-order valence-electron chi connectivity index (χ4n) is 3.69. The molecule has 0 aliphatic heterocycles. The number of anilines is 1. The number of rotatable bonds is 9. The summed E-state index contributed by atoms with van der Waals surface area (Å²) < 4.78 is 42.6. The number of amides is 2. The molecule has 0 bridgehead atoms. The largest absolute Gasteiger partial charge is 0.357 e. The van der Waals surface area contributed by atoms with Gasteiger partial charge >= 0.3 is 0 Å². The minimum absolute atomic E-state index is 0.0750. The smallest absolute Gasteiger partial charge is 0.264 e. The van der Waals surface area contributed by atoms with Gasteiger partial charge in [-0.3, -0.25) is 13.9 Å². The van der Waals surface area contributed by atoms with Crippen molar-refractivity contribution in [3.05, 3.63) is 95.8 Å². The summed E-state index contributed by atoms with van der Waals surface area (Å²) in [6.07, 6.45) is 0. The van der Waals surface area contributed by atoms with Gasteiger partial charge in [-0.15, -0.1) is 0 Å². The highest BCUT2D eigenvalue weighted by molar-refractivity contribution is 7.92. The van der Waals surface area contributed by atoms with E-state index in [0.29, 0.717) is 0 Å². The first kappa shape index (κ1) is 25.9. The summed E-state index contributed by atoms with van der Waals surface area (Å²) in [7, 11) is -2.83. The van der Waals surface area contributed by atoms with Crippen LogP contribution in [0.3, 0.4) is 0 Å². The van der Waals surface area contributed by atoms with Crippen molar-refractivity contribution in [3.8, 4) is 0 Å². The third-order valence-electron chi connectivity index (χ3n) is 5.58. The van der Waals surface area contributed by atoms with Gasteiger partial charge in [-0.25, -0.2) is 12.8 Å². The second-order valence-corrected chi connectivity index (χ2v) is 9.94. The van der Waals surface area contributed by atoms with Crippen LogP contribution in [0.4, 0.5) is 10.1 Å². The SMILES string of the molecule is CNC(=O)C(C)N(Cc1cccc(C)c1)C(=O)CN(c1ccccc1F)S(=O)(=O)c1ccccc1. The number of nitrogens with one attached hydrogen (secondary N) is 1. The fraction of sp³-hybridized carbons (Fsp3) is 0.231. The zero-order valence-corrected chi connectivity index (χ0v) is 20.6. The van der Waals surface area contributed by atoms with E-state index in [2.05, 4.69) is 5.32 Å². The molecule has 0 saturated heterocycles. The van der Waals surface area contributed by atoms with Crippen LogP contribution in [0.5, 0.6) is 0 Å². The van der Waals surface area contributed by atoms with E-state index in [1.54, 1.807) is 25.1 Å². The first-order valence-electron chi connectivity index (χ1n) is 11.0. The molecule has 0 aliphatic rings. The van der Waals surface area contributed by atoms with E-state index in [1.165, 1.54) is 42.3 Å². The molecule has 3 aromatic rings. The average molecular weight is 498 g/mol. The van der Waals surface area contributed by atoms with Crippen LogP contribution in [-0.4, -0.2) is 44.8 Å². The van der Waals surface area contributed by atoms with Crippen molar-refractivity contribution in [2.75, 3.05) is 17.9 Å². The van der Waals surface area contributed by atoms with Gasteiger partial charge in [0.25, 0.3) is 10.0 Å². The van der Waals surface area contributed by atoms with Gasteiger partial charge in [-0.05, 0) is 43.7 Å². The van der Waals surface area contributed by atoms with E-state index in [1.807, 2.05) is 31.2 Å². The van der Waals surface area contributed by atoms with Gasteiger partial charge < -0.3 is 10.2 Å². The lowest BCUT2D eigenvalue weighted by Gasteiger charge is -2.32. The summed E-state index contributed by atoms with van der Waals surface area (Å²) in [5, 5.41) is 2.52. The molecule has 0 aromatic heterocycles. The van der Waals surface area contributed by atoms with Crippen LogP contribution < -0.4 is 9.62 Å². The lowest BCUT2D eigenvalue weighted by atomic mass is 10.1. The van der Waals surface area contributed by atoms with E-state index in [9.17, 15) is 22.4 Å². The minimum atomic E-state index is -4.29. The van der Waals surface area contributed by atoms with Gasteiger partial charge in [0.2, 0.25) is 11.8 Å². The van der Waals surface area contributed by atoms with Gasteiger partial charge in [0, 0.05) is 13.6 Å². The normalized spacial score (nSPS) is 12.0. The van der Waals surface area contributed by atoms with E-state index < -0.39 is 40.2 Å². The molecule has 7 nitrogen and oxygen atoms in total. The molecule has 0 radical (unpaired) electrons. The molecule has 2 amide bonds. The molecule has 0 spiro atoms. The number of para-hydroxylation sites is 1. The van der Waals surface area contributed by atoms with Crippen molar-refractivity contribution in [1.82, 2.24) is 10.2 Å². The van der Waals surface area contributed by atoms with E-state index in [4.69, 9.17) is 0 Å². The Morgan fingerprint density at radius 1 is 0.971 bits per heavy atom. The maximum atomic E-state index is 14.8. The van der Waals surface area contributed by atoms with E-state index >= 15 is 0 Å². The van der Waals surface area contributed by atoms with Gasteiger partial charge in [-0.1, -0.05) is 60.2 Å². The number of nitrogens with zero attached hydrogens (tertiary/aromatic N) is 2. The molecule has 9 heteroatoms. The third kappa shape index (κ3) is 6.05. The monoisotopic (exact) mass is 497 g/mol. The summed E-state index contributed by atoms with van der Waals surface area (Å²) in [6.45, 7) is 2.85. The molecule has 3 aromatic carbocycles. The molecule has 0 aliphatic carbocycles. The van der Waals surface area contributed by atoms with Crippen molar-refractivity contribution in [3.63, 3.8) is 0 Å². The Morgan fingerprint density at radius 2 is 1.63 bits per heavy atom. The first-order chi connectivity index (χ1) is 16.6. The highest BCUT2D eigenvalue weighted by Crippen LogP contribution is 2.26. The molecule has 35 heavy (non-hydrogen) atoms. The number of halogens is 1. The van der Waals surface area contributed by atoms with E-state index in [0.717, 1.165) is 21.5 Å². The topological polar surface area (TPSA) is 86.8 Å². The van der Waals surface area contributed by atoms with Gasteiger partial charge in [0.15, 0.2) is 0 Å². The highest BCUT2D eigenvalue weighted by atomic mass is 32.2. The van der Waals surface area contributed by atoms with Crippen molar-refractivity contribution in [2.24, 2.45) is 0 Å². The third-order valence-corrected chi connectivity index (χ3v) is 7.35. The van der Waals surface area contributed by atoms with Crippen LogP contribution in [-0.2, 0) is 26.2 Å². The Hall–Kier alpha value is -3.72. The van der Waals surface area contributed by atoms with Crippen molar-refractivity contribution >= 4 is 27.5 Å². The number of hydrogen-bond acceptors (Lipinski definition) is 4. The number of carbonyl (C=O) groups excluding carboxylic acids is 2. The number of sulfonamides is 1. The molecule has 1 atom stereocenters. The van der Waals surface area contributed by atoms with Gasteiger partial charge in [0.1, 0.15) is 18.4 Å². The van der Waals surface area contributed by atoms with Gasteiger partial charge in [0.05, 0.1) is 10.6 Å². The number of hydrogen-bond donors (Lipinski definition) is 1. The van der Waals surface area contributed by atoms with Crippen LogP contribution in [0.2, 0.25) is 0 Å². The molecule has 0 fully saturated rings. The summed E-state index contributed by atoms with van der Waals surface area (Å²) in [5.41, 5.74) is 1.49. The fourth-order valence-corrected chi connectivity index (χ4v) is 5.13. The molecule has 3 rings (SSSR count). The molecular weight excluding hydrogens is 469 g/mol. The molecule has 0 heterocycles. The summed E-state index contributed by atoms with van der Waals surface area (Å²) in [4.78, 5) is 27.2. The van der Waals surface area contributed by atoms with Crippen LogP contribution in [0.25, 0.3) is 0 Å². The Balaban J connectivity index is 2.04. The maximum Gasteiger partial charge on any atom is 0.264 e. The number of carbonyl (C=O) groups is 2. The van der Waals surface area contributed by atoms with Crippen LogP contribution in [0.1, 0.15) is 18.1 Å². The molecule has 1 unspecified atom stereocenters. The molecule has 184 valence electrons. The van der Waals surface area contributed by atoms with Gasteiger partial charge in [-0.2, -0.15) is 0 Å². The Bertz CT molecular complexity index is 1300. The predicted octanol–water partition coefficient (Wildman–Crippen LogP) is 3.49. The summed E-state index contributed by atoms with van der Waals surface area (Å²) in [5.74, 6) is -1.84. The standard InChI is InChI=1S/C26H28FN3O4S/c1-19-10-9-11-21(16-19)17-29(20(2)26(32)28-3)25(31)18-30(24-15-8-7-14-23(24)27)35(33,34)22-12-5-4-6-13-22/h4-16,20H,17-18H2,1-3H3,(H,28,32). The Morgan fingerprint density at radius 3 is 2.26 bits per heavy atom. The number of aryl methyl sites for hydroxylation is 1. The predicted molar refractivity (Wildman–Crippen MR) is 133 cm³/mol. The number of likely N-dealkylation sites (N-methyl/N-ethyl adjacent to an activating group) is 1. The quantitative estimate of drug-likeness (QED) is 0.490. The molecular formula is C26H28FN3O4S. The minimum Gasteiger partial charge on any atom is -0.357 e. The van der Waals surface area contributed by atoms with Crippen molar-refractivity contribution in [2.45, 2.75) is 31.3 Å². The summed E-state index contributed by atoms with van der Waals surface area (Å²) in [6, 6.07) is 19.4. The van der Waals surface area contributed by atoms with Crippen LogP contribution in [0.15, 0.2) is 83.8 Å². The molecule has 1 N–H and O–H groups in total. The van der Waals surface area contributed by atoms with Crippen molar-refractivity contribution < 1.29 is 22.4 Å². The number of benzene rings is 3. The van der Waals surface area contributed by atoms with Crippen LogP contribution >= 0.6 is 0 Å². The zero-order chi connectivity index (χ0) is 25.6. The highest BCUT2D eigenvalue weighted by Gasteiger charge is 2.33. The first-order valence-corrected chi connectivity index (χ1v) is 12.5. The van der Waals surface area contributed by atoms with Crippen molar-refractivity contribution in [1.29, 1.82) is 0 Å². The Kier molecular flexibility index (Phi) is 8.24. The second-order valence-electron chi connectivity index (χ2n) is 8.08. The zero-order valence-electron chi connectivity index (χ0n) is 19.8. The maximum absolute atomic E-state index is 14.8. The average Bonchev–Trinajstić information content (AvgIpc) is 2.85. The lowest BCUT2D eigenvalue weighted by molar-refractivity contribution is -0.139. The van der Waals surface area contributed by atoms with Crippen LogP contribution in [0, 0.1) is 12.7 Å². The lowest BCUT2D eigenvalue weighted by Crippen LogP contribution is -2.50. The molecule has 0 saturated carbocycles. The second kappa shape index (κ2) is 11.1. The van der Waals surface area contributed by atoms with E-state index in [-0.39, 0.29) is 17.1 Å². The Labute approximate surface area is 205 Å². The summed E-state index contributed by atoms with van der Waals surface area (Å²) >= 11 is 0.